The molecule has 0 aliphatic heterocycles. The largest absolute Gasteiger partial charge is 0.423 e. The van der Waals surface area contributed by atoms with E-state index >= 15 is 0 Å². The molecule has 1 aromatic carbocycles. The number of nitrogens with zero attached hydrogens (tertiary/aromatic N) is 3. The van der Waals surface area contributed by atoms with Crippen LogP contribution in [0.15, 0.2) is 40.0 Å². The summed E-state index contributed by atoms with van der Waals surface area (Å²) in [6.45, 7) is 0. The molecule has 1 aromatic heterocycles. The van der Waals surface area contributed by atoms with Crippen LogP contribution in [-0.2, 0) is 10.0 Å². The highest BCUT2D eigenvalue weighted by Gasteiger charge is 2.17. The summed E-state index contributed by atoms with van der Waals surface area (Å²) in [6, 6.07) is 6.28. The summed E-state index contributed by atoms with van der Waals surface area (Å²) >= 11 is 0. The van der Waals surface area contributed by atoms with Gasteiger partial charge in [0, 0.05) is 19.7 Å². The van der Waals surface area contributed by atoms with E-state index in [9.17, 15) is 8.42 Å². The van der Waals surface area contributed by atoms with Crippen LogP contribution in [0.5, 0.6) is 0 Å². The third-order valence-corrected chi connectivity index (χ3v) is 4.07. The quantitative estimate of drug-likeness (QED) is 0.815. The molecule has 0 bridgehead atoms. The Bertz CT molecular complexity index is 588. The van der Waals surface area contributed by atoms with Crippen molar-refractivity contribution in [3.63, 3.8) is 0 Å². The number of rotatable bonds is 3. The highest BCUT2D eigenvalue weighted by atomic mass is 32.2. The molecule has 0 aliphatic carbocycles. The number of hydrogen-bond donors (Lipinski definition) is 0. The fraction of sp³-hybridized carbons (Fsp3) is 0.200. The van der Waals surface area contributed by atoms with Gasteiger partial charge in [-0.1, -0.05) is 0 Å². The second-order valence-corrected chi connectivity index (χ2v) is 5.71. The van der Waals surface area contributed by atoms with Gasteiger partial charge in [-0.05, 0) is 24.3 Å². The van der Waals surface area contributed by atoms with E-state index in [4.69, 9.17) is 4.42 Å². The van der Waals surface area contributed by atoms with Gasteiger partial charge in [0.2, 0.25) is 22.3 Å². The van der Waals surface area contributed by atoms with Crippen LogP contribution in [0.4, 0.5) is 0 Å². The number of aromatic nitrogens is 2. The molecule has 0 amide bonds. The molecule has 0 N–H and O–H groups in total. The van der Waals surface area contributed by atoms with Crippen molar-refractivity contribution in [1.29, 1.82) is 0 Å². The first-order chi connectivity index (χ1) is 8.01. The zero-order chi connectivity index (χ0) is 12.5. The van der Waals surface area contributed by atoms with Gasteiger partial charge in [0.25, 0.3) is 0 Å². The minimum atomic E-state index is -3.40. The van der Waals surface area contributed by atoms with Gasteiger partial charge in [-0.15, -0.1) is 10.2 Å². The monoisotopic (exact) mass is 253 g/mol. The molecule has 0 fully saturated rings. The second kappa shape index (κ2) is 4.27. The SMILES string of the molecule is CN(C)S(=O)(=O)c1ccc(-c2nnco2)cc1. The number of hydrogen-bond acceptors (Lipinski definition) is 5. The number of benzene rings is 1. The van der Waals surface area contributed by atoms with Crippen molar-refractivity contribution < 1.29 is 12.8 Å². The Kier molecular flexibility index (Phi) is 2.95. The van der Waals surface area contributed by atoms with E-state index in [-0.39, 0.29) is 4.90 Å². The molecule has 17 heavy (non-hydrogen) atoms. The fourth-order valence-electron chi connectivity index (χ4n) is 1.28. The summed E-state index contributed by atoms with van der Waals surface area (Å²) in [7, 11) is -0.421. The van der Waals surface area contributed by atoms with Gasteiger partial charge in [-0.2, -0.15) is 0 Å². The highest BCUT2D eigenvalue weighted by molar-refractivity contribution is 7.89. The normalized spacial score (nSPS) is 11.9. The number of sulfonamides is 1. The van der Waals surface area contributed by atoms with Crippen molar-refractivity contribution in [2.45, 2.75) is 4.90 Å². The molecule has 2 rings (SSSR count). The summed E-state index contributed by atoms with van der Waals surface area (Å²) in [5, 5.41) is 7.29. The van der Waals surface area contributed by atoms with Crippen molar-refractivity contribution in [3.8, 4) is 11.5 Å². The predicted octanol–water partition coefficient (Wildman–Crippen LogP) is 0.987. The Morgan fingerprint density at radius 3 is 2.29 bits per heavy atom. The van der Waals surface area contributed by atoms with E-state index in [1.54, 1.807) is 12.1 Å². The molecule has 0 atom stereocenters. The van der Waals surface area contributed by atoms with E-state index in [0.717, 1.165) is 4.31 Å². The Hall–Kier alpha value is -1.73. The standard InChI is InChI=1S/C10H11N3O3S/c1-13(2)17(14,15)9-5-3-8(4-6-9)10-12-11-7-16-10/h3-7H,1-2H3. The van der Waals surface area contributed by atoms with Gasteiger partial charge >= 0.3 is 0 Å². The summed E-state index contributed by atoms with van der Waals surface area (Å²) < 4.78 is 29.8. The molecule has 0 saturated carbocycles. The molecule has 0 unspecified atom stereocenters. The van der Waals surface area contributed by atoms with E-state index in [1.165, 1.54) is 32.6 Å². The maximum atomic E-state index is 11.8. The van der Waals surface area contributed by atoms with Crippen LogP contribution < -0.4 is 0 Å². The van der Waals surface area contributed by atoms with Crippen LogP contribution in [0.1, 0.15) is 0 Å². The molecular formula is C10H11N3O3S. The summed E-state index contributed by atoms with van der Waals surface area (Å²) in [5.74, 6) is 0.360. The van der Waals surface area contributed by atoms with Crippen LogP contribution >= 0.6 is 0 Å². The summed E-state index contributed by atoms with van der Waals surface area (Å²) in [4.78, 5) is 0.228. The molecule has 1 heterocycles. The first-order valence-corrected chi connectivity index (χ1v) is 6.25. The molecule has 0 aliphatic rings. The summed E-state index contributed by atoms with van der Waals surface area (Å²) in [6.07, 6.45) is 1.22. The average molecular weight is 253 g/mol. The first-order valence-electron chi connectivity index (χ1n) is 4.81. The Labute approximate surface area is 98.9 Å². The van der Waals surface area contributed by atoms with Crippen molar-refractivity contribution in [1.82, 2.24) is 14.5 Å². The fourth-order valence-corrected chi connectivity index (χ4v) is 2.18. The Morgan fingerprint density at radius 1 is 1.18 bits per heavy atom. The molecule has 0 saturated heterocycles. The molecule has 0 spiro atoms. The molecule has 2 aromatic rings. The van der Waals surface area contributed by atoms with E-state index in [2.05, 4.69) is 10.2 Å². The lowest BCUT2D eigenvalue weighted by molar-refractivity contribution is 0.520. The molecule has 7 heteroatoms. The lowest BCUT2D eigenvalue weighted by atomic mass is 10.2. The Morgan fingerprint density at radius 2 is 1.82 bits per heavy atom. The van der Waals surface area contributed by atoms with Crippen LogP contribution in [0.3, 0.4) is 0 Å². The van der Waals surface area contributed by atoms with Crippen LogP contribution in [0.2, 0.25) is 0 Å². The van der Waals surface area contributed by atoms with Gasteiger partial charge in [-0.3, -0.25) is 0 Å². The molecule has 6 nitrogen and oxygen atoms in total. The molecular weight excluding hydrogens is 242 g/mol. The topological polar surface area (TPSA) is 76.3 Å². The van der Waals surface area contributed by atoms with Gasteiger partial charge in [0.1, 0.15) is 0 Å². The van der Waals surface area contributed by atoms with Crippen molar-refractivity contribution >= 4 is 10.0 Å². The van der Waals surface area contributed by atoms with Gasteiger partial charge in [0.05, 0.1) is 4.90 Å². The Balaban J connectivity index is 2.38. The third-order valence-electron chi connectivity index (χ3n) is 2.24. The predicted molar refractivity (Wildman–Crippen MR) is 60.6 cm³/mol. The lowest BCUT2D eigenvalue weighted by Gasteiger charge is -2.10. The van der Waals surface area contributed by atoms with Crippen molar-refractivity contribution in [2.24, 2.45) is 0 Å². The summed E-state index contributed by atoms with van der Waals surface area (Å²) in [5.41, 5.74) is 0.681. The highest BCUT2D eigenvalue weighted by Crippen LogP contribution is 2.20. The van der Waals surface area contributed by atoms with Crippen molar-refractivity contribution in [3.05, 3.63) is 30.7 Å². The zero-order valence-corrected chi connectivity index (χ0v) is 10.2. The third kappa shape index (κ3) is 2.20. The maximum Gasteiger partial charge on any atom is 0.247 e. The minimum absolute atomic E-state index is 0.228. The van der Waals surface area contributed by atoms with E-state index in [0.29, 0.717) is 11.5 Å². The van der Waals surface area contributed by atoms with Crippen LogP contribution in [0.25, 0.3) is 11.5 Å². The van der Waals surface area contributed by atoms with Crippen LogP contribution in [0, 0.1) is 0 Å². The smallest absolute Gasteiger partial charge is 0.247 e. The molecule has 0 radical (unpaired) electrons. The van der Waals surface area contributed by atoms with E-state index in [1.807, 2.05) is 0 Å². The average Bonchev–Trinajstić information content (AvgIpc) is 2.82. The minimum Gasteiger partial charge on any atom is -0.423 e. The van der Waals surface area contributed by atoms with Gasteiger partial charge in [0.15, 0.2) is 0 Å². The van der Waals surface area contributed by atoms with Crippen LogP contribution in [-0.4, -0.2) is 37.0 Å². The first kappa shape index (κ1) is 11.7. The second-order valence-electron chi connectivity index (χ2n) is 3.56. The van der Waals surface area contributed by atoms with Crippen molar-refractivity contribution in [2.75, 3.05) is 14.1 Å². The zero-order valence-electron chi connectivity index (χ0n) is 9.36. The lowest BCUT2D eigenvalue weighted by Crippen LogP contribution is -2.22. The molecule has 90 valence electrons. The van der Waals surface area contributed by atoms with E-state index < -0.39 is 10.0 Å². The van der Waals surface area contributed by atoms with Gasteiger partial charge < -0.3 is 4.42 Å². The maximum absolute atomic E-state index is 11.8. The van der Waals surface area contributed by atoms with Gasteiger partial charge in [-0.25, -0.2) is 12.7 Å².